The van der Waals surface area contributed by atoms with E-state index in [1.54, 1.807) is 6.07 Å². The van der Waals surface area contributed by atoms with Crippen LogP contribution in [0.5, 0.6) is 0 Å². The van der Waals surface area contributed by atoms with Crippen LogP contribution in [0.4, 0.5) is 4.39 Å². The maximum atomic E-state index is 13.6. The minimum Gasteiger partial charge on any atom is -0.396 e. The van der Waals surface area contributed by atoms with E-state index >= 15 is 0 Å². The van der Waals surface area contributed by atoms with Gasteiger partial charge in [0.15, 0.2) is 0 Å². The van der Waals surface area contributed by atoms with Gasteiger partial charge in [-0.2, -0.15) is 0 Å². The molecule has 0 fully saturated rings. The Bertz CT molecular complexity index is 372. The average Bonchev–Trinajstić information content (AvgIpc) is 2.28. The van der Waals surface area contributed by atoms with Gasteiger partial charge in [0, 0.05) is 28.7 Å². The zero-order valence-corrected chi connectivity index (χ0v) is 11.8. The molecular formula is C13H19BrFNO. The van der Waals surface area contributed by atoms with Crippen molar-refractivity contribution in [2.45, 2.75) is 38.8 Å². The number of hydrogen-bond acceptors (Lipinski definition) is 2. The van der Waals surface area contributed by atoms with Gasteiger partial charge in [0.2, 0.25) is 0 Å². The third-order valence-electron chi connectivity index (χ3n) is 3.16. The van der Waals surface area contributed by atoms with Crippen molar-refractivity contribution in [1.82, 2.24) is 5.32 Å². The second-order valence-electron chi connectivity index (χ2n) is 4.48. The van der Waals surface area contributed by atoms with Crippen molar-refractivity contribution in [3.05, 3.63) is 34.1 Å². The summed E-state index contributed by atoms with van der Waals surface area (Å²) in [5, 5.41) is 12.3. The molecule has 0 radical (unpaired) electrons. The highest BCUT2D eigenvalue weighted by Gasteiger charge is 2.20. The van der Waals surface area contributed by atoms with Crippen molar-refractivity contribution in [3.63, 3.8) is 0 Å². The summed E-state index contributed by atoms with van der Waals surface area (Å²) in [5.41, 5.74) is 0.500. The van der Waals surface area contributed by atoms with Crippen LogP contribution in [0.3, 0.4) is 0 Å². The molecule has 0 aromatic heterocycles. The maximum Gasteiger partial charge on any atom is 0.128 e. The van der Waals surface area contributed by atoms with Gasteiger partial charge in [0.25, 0.3) is 0 Å². The van der Waals surface area contributed by atoms with E-state index in [1.807, 2.05) is 13.0 Å². The van der Waals surface area contributed by atoms with Gasteiger partial charge in [0.1, 0.15) is 5.82 Å². The molecule has 1 aromatic carbocycles. The van der Waals surface area contributed by atoms with Crippen molar-refractivity contribution in [2.24, 2.45) is 0 Å². The van der Waals surface area contributed by atoms with Gasteiger partial charge in [-0.1, -0.05) is 28.9 Å². The van der Waals surface area contributed by atoms with Crippen molar-refractivity contribution < 1.29 is 9.50 Å². The van der Waals surface area contributed by atoms with Crippen LogP contribution in [0.15, 0.2) is 22.7 Å². The summed E-state index contributed by atoms with van der Waals surface area (Å²) in [4.78, 5) is 0. The molecule has 1 unspecified atom stereocenters. The molecule has 1 atom stereocenters. The second kappa shape index (κ2) is 6.47. The molecule has 0 spiro atoms. The van der Waals surface area contributed by atoms with E-state index in [0.717, 1.165) is 10.9 Å². The summed E-state index contributed by atoms with van der Waals surface area (Å²) in [6, 6.07) is 5.06. The molecule has 17 heavy (non-hydrogen) atoms. The Kier molecular flexibility index (Phi) is 5.56. The van der Waals surface area contributed by atoms with Crippen molar-refractivity contribution in [1.29, 1.82) is 0 Å². The summed E-state index contributed by atoms with van der Waals surface area (Å²) in [6.07, 6.45) is 1.56. The molecule has 0 saturated heterocycles. The number of hydrogen-bond donors (Lipinski definition) is 2. The number of aliphatic hydroxyl groups excluding tert-OH is 1. The first kappa shape index (κ1) is 14.6. The summed E-state index contributed by atoms with van der Waals surface area (Å²) in [7, 11) is 0. The Labute approximate surface area is 110 Å². The number of aliphatic hydroxyl groups is 1. The highest BCUT2D eigenvalue weighted by molar-refractivity contribution is 9.10. The van der Waals surface area contributed by atoms with Crippen LogP contribution in [0.25, 0.3) is 0 Å². The molecule has 2 N–H and O–H groups in total. The van der Waals surface area contributed by atoms with Crippen LogP contribution in [-0.2, 0) is 6.54 Å². The van der Waals surface area contributed by atoms with Gasteiger partial charge in [-0.15, -0.1) is 0 Å². The van der Waals surface area contributed by atoms with Gasteiger partial charge < -0.3 is 10.4 Å². The van der Waals surface area contributed by atoms with E-state index in [0.29, 0.717) is 18.5 Å². The topological polar surface area (TPSA) is 32.3 Å². The zero-order chi connectivity index (χ0) is 12.9. The molecule has 0 bridgehead atoms. The molecule has 0 aliphatic rings. The Balaban J connectivity index is 2.65. The monoisotopic (exact) mass is 303 g/mol. The molecule has 0 amide bonds. The highest BCUT2D eigenvalue weighted by atomic mass is 79.9. The molecule has 2 nitrogen and oxygen atoms in total. The van der Waals surface area contributed by atoms with Gasteiger partial charge in [-0.25, -0.2) is 4.39 Å². The van der Waals surface area contributed by atoms with E-state index in [4.69, 9.17) is 5.11 Å². The Morgan fingerprint density at radius 3 is 2.71 bits per heavy atom. The summed E-state index contributed by atoms with van der Waals surface area (Å²) < 4.78 is 14.3. The number of rotatable bonds is 6. The van der Waals surface area contributed by atoms with Gasteiger partial charge in [-0.3, -0.25) is 0 Å². The normalized spacial score (nSPS) is 14.6. The van der Waals surface area contributed by atoms with E-state index in [2.05, 4.69) is 28.2 Å². The molecule has 1 aromatic rings. The van der Waals surface area contributed by atoms with Crippen molar-refractivity contribution in [2.75, 3.05) is 6.61 Å². The first-order chi connectivity index (χ1) is 8.00. The minimum atomic E-state index is -0.214. The standard InChI is InChI=1S/C13H19BrFNO/c1-3-13(2,6-7-17)16-9-10-4-5-11(14)8-12(10)15/h4-5,8,16-17H,3,6-7,9H2,1-2H3. The lowest BCUT2D eigenvalue weighted by atomic mass is 9.94. The first-order valence-electron chi connectivity index (χ1n) is 5.80. The van der Waals surface area contributed by atoms with Gasteiger partial charge in [-0.05, 0) is 31.9 Å². The maximum absolute atomic E-state index is 13.6. The number of halogens is 2. The predicted molar refractivity (Wildman–Crippen MR) is 71.3 cm³/mol. The minimum absolute atomic E-state index is 0.139. The van der Waals surface area contributed by atoms with Crippen LogP contribution in [0.1, 0.15) is 32.3 Å². The quantitative estimate of drug-likeness (QED) is 0.846. The Hall–Kier alpha value is -0.450. The lowest BCUT2D eigenvalue weighted by Crippen LogP contribution is -2.42. The van der Waals surface area contributed by atoms with Crippen LogP contribution in [0.2, 0.25) is 0 Å². The fourth-order valence-electron chi connectivity index (χ4n) is 1.61. The molecule has 1 rings (SSSR count). The van der Waals surface area contributed by atoms with Crippen LogP contribution >= 0.6 is 15.9 Å². The third kappa shape index (κ3) is 4.37. The third-order valence-corrected chi connectivity index (χ3v) is 3.66. The zero-order valence-electron chi connectivity index (χ0n) is 10.3. The van der Waals surface area contributed by atoms with E-state index in [-0.39, 0.29) is 18.0 Å². The van der Waals surface area contributed by atoms with Crippen molar-refractivity contribution >= 4 is 15.9 Å². The number of benzene rings is 1. The number of nitrogens with one attached hydrogen (secondary N) is 1. The predicted octanol–water partition coefficient (Wildman–Crippen LogP) is 3.23. The first-order valence-corrected chi connectivity index (χ1v) is 6.60. The fourth-order valence-corrected chi connectivity index (χ4v) is 1.94. The Morgan fingerprint density at radius 2 is 2.18 bits per heavy atom. The van der Waals surface area contributed by atoms with E-state index in [1.165, 1.54) is 6.07 Å². The fraction of sp³-hybridized carbons (Fsp3) is 0.538. The Morgan fingerprint density at radius 1 is 1.47 bits per heavy atom. The van der Waals surface area contributed by atoms with Crippen LogP contribution in [-0.4, -0.2) is 17.3 Å². The summed E-state index contributed by atoms with van der Waals surface area (Å²) >= 11 is 3.23. The van der Waals surface area contributed by atoms with Crippen LogP contribution in [0, 0.1) is 5.82 Å². The molecule has 96 valence electrons. The average molecular weight is 304 g/mol. The summed E-state index contributed by atoms with van der Waals surface area (Å²) in [5.74, 6) is -0.214. The van der Waals surface area contributed by atoms with E-state index < -0.39 is 0 Å². The van der Waals surface area contributed by atoms with Crippen LogP contribution < -0.4 is 5.32 Å². The second-order valence-corrected chi connectivity index (χ2v) is 5.39. The SMILES string of the molecule is CCC(C)(CCO)NCc1ccc(Br)cc1F. The molecule has 0 saturated carbocycles. The molecule has 4 heteroatoms. The largest absolute Gasteiger partial charge is 0.396 e. The highest BCUT2D eigenvalue weighted by Crippen LogP contribution is 2.18. The lowest BCUT2D eigenvalue weighted by molar-refractivity contribution is 0.214. The van der Waals surface area contributed by atoms with E-state index in [9.17, 15) is 4.39 Å². The molecule has 0 aliphatic carbocycles. The van der Waals surface area contributed by atoms with Gasteiger partial charge >= 0.3 is 0 Å². The molecular weight excluding hydrogens is 285 g/mol. The lowest BCUT2D eigenvalue weighted by Gasteiger charge is -2.29. The van der Waals surface area contributed by atoms with Crippen molar-refractivity contribution in [3.8, 4) is 0 Å². The smallest absolute Gasteiger partial charge is 0.128 e. The molecule has 0 heterocycles. The van der Waals surface area contributed by atoms with Gasteiger partial charge in [0.05, 0.1) is 0 Å². The molecule has 0 aliphatic heterocycles. The summed E-state index contributed by atoms with van der Waals surface area (Å²) in [6.45, 7) is 4.71.